The van der Waals surface area contributed by atoms with Crippen molar-refractivity contribution in [2.75, 3.05) is 25.9 Å². The molecule has 0 spiro atoms. The molecule has 0 saturated carbocycles. The van der Waals surface area contributed by atoms with Gasteiger partial charge in [0.05, 0.1) is 12.8 Å². The highest BCUT2D eigenvalue weighted by Crippen LogP contribution is 2.14. The fourth-order valence-corrected chi connectivity index (χ4v) is 2.93. The molecule has 0 aliphatic rings. The molecule has 0 aliphatic heterocycles. The third kappa shape index (κ3) is 5.49. The summed E-state index contributed by atoms with van der Waals surface area (Å²) in [5.74, 6) is -0.563. The Kier molecular flexibility index (Phi) is 6.38. The summed E-state index contributed by atoms with van der Waals surface area (Å²) >= 11 is 0. The maximum atomic E-state index is 11.4. The number of nitrogens with zero attached hydrogens (tertiary/aromatic N) is 1. The SMILES string of the molecule is CCN(CCCNCc1cc(C)c(C(=O)O)o1)S(C)(=O)=O. The van der Waals surface area contributed by atoms with E-state index < -0.39 is 16.0 Å². The molecule has 0 saturated heterocycles. The topological polar surface area (TPSA) is 99.8 Å². The van der Waals surface area contributed by atoms with Gasteiger partial charge >= 0.3 is 5.97 Å². The van der Waals surface area contributed by atoms with E-state index in [1.807, 2.05) is 0 Å². The zero-order chi connectivity index (χ0) is 16.0. The summed E-state index contributed by atoms with van der Waals surface area (Å²) in [6.45, 7) is 5.43. The van der Waals surface area contributed by atoms with E-state index in [0.29, 0.717) is 43.9 Å². The second-order valence-corrected chi connectivity index (χ2v) is 6.80. The maximum Gasteiger partial charge on any atom is 0.372 e. The van der Waals surface area contributed by atoms with Gasteiger partial charge in [-0.15, -0.1) is 0 Å². The minimum atomic E-state index is -3.14. The average molecular weight is 318 g/mol. The third-order valence-electron chi connectivity index (χ3n) is 3.05. The van der Waals surface area contributed by atoms with Gasteiger partial charge in [0.1, 0.15) is 5.76 Å². The van der Waals surface area contributed by atoms with Gasteiger partial charge in [0.2, 0.25) is 15.8 Å². The van der Waals surface area contributed by atoms with Crippen LogP contribution in [0.3, 0.4) is 0 Å². The van der Waals surface area contributed by atoms with Crippen molar-refractivity contribution < 1.29 is 22.7 Å². The van der Waals surface area contributed by atoms with Gasteiger partial charge in [0.15, 0.2) is 0 Å². The number of furan rings is 1. The lowest BCUT2D eigenvalue weighted by Gasteiger charge is -2.17. The molecule has 1 aromatic heterocycles. The molecule has 120 valence electrons. The first kappa shape index (κ1) is 17.7. The summed E-state index contributed by atoms with van der Waals surface area (Å²) in [6.07, 6.45) is 1.87. The highest BCUT2D eigenvalue weighted by Gasteiger charge is 2.15. The predicted octanol–water partition coefficient (Wildman–Crippen LogP) is 1.05. The summed E-state index contributed by atoms with van der Waals surface area (Å²) in [7, 11) is -3.14. The first-order valence-electron chi connectivity index (χ1n) is 6.74. The number of rotatable bonds is 9. The van der Waals surface area contributed by atoms with E-state index in [4.69, 9.17) is 9.52 Å². The highest BCUT2D eigenvalue weighted by molar-refractivity contribution is 7.88. The minimum Gasteiger partial charge on any atom is -0.475 e. The Balaban J connectivity index is 2.35. The molecule has 0 atom stereocenters. The van der Waals surface area contributed by atoms with Crippen LogP contribution in [-0.2, 0) is 16.6 Å². The molecule has 1 heterocycles. The van der Waals surface area contributed by atoms with Gasteiger partial charge < -0.3 is 14.8 Å². The van der Waals surface area contributed by atoms with Crippen molar-refractivity contribution in [3.8, 4) is 0 Å². The van der Waals surface area contributed by atoms with Crippen LogP contribution in [0.15, 0.2) is 10.5 Å². The van der Waals surface area contributed by atoms with E-state index in [-0.39, 0.29) is 5.76 Å². The van der Waals surface area contributed by atoms with E-state index in [0.717, 1.165) is 0 Å². The Morgan fingerprint density at radius 3 is 2.62 bits per heavy atom. The molecule has 8 heteroatoms. The molecule has 1 aromatic rings. The number of aromatic carboxylic acids is 1. The highest BCUT2D eigenvalue weighted by atomic mass is 32.2. The van der Waals surface area contributed by atoms with Gasteiger partial charge in [-0.05, 0) is 26.0 Å². The van der Waals surface area contributed by atoms with E-state index >= 15 is 0 Å². The Bertz CT molecular complexity index is 579. The number of carboxylic acid groups (broad SMARTS) is 1. The fraction of sp³-hybridized carbons (Fsp3) is 0.615. The lowest BCUT2D eigenvalue weighted by molar-refractivity contribution is 0.0659. The summed E-state index contributed by atoms with van der Waals surface area (Å²) in [5, 5.41) is 12.0. The van der Waals surface area contributed by atoms with Crippen LogP contribution < -0.4 is 5.32 Å². The minimum absolute atomic E-state index is 0.0407. The van der Waals surface area contributed by atoms with Crippen molar-refractivity contribution in [2.45, 2.75) is 26.8 Å². The van der Waals surface area contributed by atoms with Crippen LogP contribution in [0.4, 0.5) is 0 Å². The number of aryl methyl sites for hydroxylation is 1. The molecule has 21 heavy (non-hydrogen) atoms. The monoisotopic (exact) mass is 318 g/mol. The molecule has 0 aliphatic carbocycles. The molecule has 0 amide bonds. The van der Waals surface area contributed by atoms with Crippen LogP contribution in [0.2, 0.25) is 0 Å². The molecule has 7 nitrogen and oxygen atoms in total. The standard InChI is InChI=1S/C13H22N2O5S/c1-4-15(21(3,18)19)7-5-6-14-9-11-8-10(2)12(20-11)13(16)17/h8,14H,4-7,9H2,1-3H3,(H,16,17). The van der Waals surface area contributed by atoms with E-state index in [1.54, 1.807) is 19.9 Å². The number of sulfonamides is 1. The molecular weight excluding hydrogens is 296 g/mol. The summed E-state index contributed by atoms with van der Waals surface area (Å²) in [4.78, 5) is 10.8. The van der Waals surface area contributed by atoms with Crippen molar-refractivity contribution in [2.24, 2.45) is 0 Å². The molecule has 0 fully saturated rings. The number of carbonyl (C=O) groups is 1. The Morgan fingerprint density at radius 1 is 1.48 bits per heavy atom. The normalized spacial score (nSPS) is 12.0. The molecule has 0 aromatic carbocycles. The molecule has 0 radical (unpaired) electrons. The Labute approximate surface area is 125 Å². The second-order valence-electron chi connectivity index (χ2n) is 4.81. The third-order valence-corrected chi connectivity index (χ3v) is 4.42. The van der Waals surface area contributed by atoms with Crippen LogP contribution in [0, 0.1) is 6.92 Å². The van der Waals surface area contributed by atoms with Crippen LogP contribution >= 0.6 is 0 Å². The van der Waals surface area contributed by atoms with Gasteiger partial charge in [0, 0.05) is 18.7 Å². The average Bonchev–Trinajstić information content (AvgIpc) is 2.73. The van der Waals surface area contributed by atoms with Gasteiger partial charge in [-0.3, -0.25) is 0 Å². The fourth-order valence-electron chi connectivity index (χ4n) is 2.00. The number of hydrogen-bond donors (Lipinski definition) is 2. The smallest absolute Gasteiger partial charge is 0.372 e. The van der Waals surface area contributed by atoms with Crippen molar-refractivity contribution in [1.29, 1.82) is 0 Å². The van der Waals surface area contributed by atoms with E-state index in [1.165, 1.54) is 10.6 Å². The number of hydrogen-bond acceptors (Lipinski definition) is 5. The zero-order valence-electron chi connectivity index (χ0n) is 12.5. The zero-order valence-corrected chi connectivity index (χ0v) is 13.4. The van der Waals surface area contributed by atoms with E-state index in [9.17, 15) is 13.2 Å². The van der Waals surface area contributed by atoms with Crippen molar-refractivity contribution >= 4 is 16.0 Å². The van der Waals surface area contributed by atoms with Crippen molar-refractivity contribution in [3.63, 3.8) is 0 Å². The summed E-state index contributed by atoms with van der Waals surface area (Å²) in [5.41, 5.74) is 0.591. The number of nitrogens with one attached hydrogen (secondary N) is 1. The predicted molar refractivity (Wildman–Crippen MR) is 78.8 cm³/mol. The quantitative estimate of drug-likeness (QED) is 0.660. The molecule has 0 bridgehead atoms. The van der Waals surface area contributed by atoms with Gasteiger partial charge in [-0.2, -0.15) is 0 Å². The summed E-state index contributed by atoms with van der Waals surface area (Å²) < 4.78 is 29.4. The first-order chi connectivity index (χ1) is 9.75. The molecular formula is C13H22N2O5S. The van der Waals surface area contributed by atoms with Crippen molar-refractivity contribution in [3.05, 3.63) is 23.2 Å². The van der Waals surface area contributed by atoms with Gasteiger partial charge in [-0.1, -0.05) is 6.92 Å². The maximum absolute atomic E-state index is 11.4. The van der Waals surface area contributed by atoms with Crippen LogP contribution in [-0.4, -0.2) is 49.7 Å². The summed E-state index contributed by atoms with van der Waals surface area (Å²) in [6, 6.07) is 1.69. The Hall–Kier alpha value is -1.38. The van der Waals surface area contributed by atoms with Gasteiger partial charge in [0.25, 0.3) is 0 Å². The van der Waals surface area contributed by atoms with Crippen LogP contribution in [0.25, 0.3) is 0 Å². The van der Waals surface area contributed by atoms with Crippen molar-refractivity contribution in [1.82, 2.24) is 9.62 Å². The van der Waals surface area contributed by atoms with Crippen LogP contribution in [0.1, 0.15) is 35.2 Å². The molecule has 0 unspecified atom stereocenters. The molecule has 1 rings (SSSR count). The lowest BCUT2D eigenvalue weighted by Crippen LogP contribution is -2.32. The first-order valence-corrected chi connectivity index (χ1v) is 8.59. The van der Waals surface area contributed by atoms with Gasteiger partial charge in [-0.25, -0.2) is 17.5 Å². The Morgan fingerprint density at radius 2 is 2.14 bits per heavy atom. The molecule has 2 N–H and O–H groups in total. The lowest BCUT2D eigenvalue weighted by atomic mass is 10.2. The largest absolute Gasteiger partial charge is 0.475 e. The van der Waals surface area contributed by atoms with E-state index in [2.05, 4.69) is 5.32 Å². The number of carboxylic acids is 1. The van der Waals surface area contributed by atoms with Crippen LogP contribution in [0.5, 0.6) is 0 Å². The second kappa shape index (κ2) is 7.58.